The van der Waals surface area contributed by atoms with Gasteiger partial charge < -0.3 is 4.57 Å². The van der Waals surface area contributed by atoms with Crippen LogP contribution in [0.1, 0.15) is 13.8 Å². The summed E-state index contributed by atoms with van der Waals surface area (Å²) in [5.74, 6) is 0.378. The van der Waals surface area contributed by atoms with Crippen LogP contribution in [0.5, 0.6) is 0 Å². The van der Waals surface area contributed by atoms with E-state index >= 15 is 0 Å². The highest BCUT2D eigenvalue weighted by molar-refractivity contribution is 14.1. The molecule has 0 aliphatic carbocycles. The van der Waals surface area contributed by atoms with Gasteiger partial charge in [0, 0.05) is 26.2 Å². The first kappa shape index (κ1) is 12.4. The molecule has 86 valence electrons. The zero-order valence-electron chi connectivity index (χ0n) is 9.10. The maximum atomic E-state index is 13.3. The Labute approximate surface area is 116 Å². The van der Waals surface area contributed by atoms with Gasteiger partial charge in [0.05, 0.1) is 5.52 Å². The van der Waals surface area contributed by atoms with Crippen LogP contribution in [0.15, 0.2) is 22.8 Å². The summed E-state index contributed by atoms with van der Waals surface area (Å²) in [6, 6.07) is 3.12. The maximum absolute atomic E-state index is 13.3. The van der Waals surface area contributed by atoms with Crippen LogP contribution >= 0.6 is 38.5 Å². The molecule has 16 heavy (non-hydrogen) atoms. The van der Waals surface area contributed by atoms with E-state index in [0.717, 1.165) is 25.5 Å². The van der Waals surface area contributed by atoms with Gasteiger partial charge in [-0.15, -0.1) is 0 Å². The molecule has 0 amide bonds. The number of halogens is 3. The summed E-state index contributed by atoms with van der Waals surface area (Å²) in [4.78, 5) is 0. The van der Waals surface area contributed by atoms with Gasteiger partial charge in [0.2, 0.25) is 0 Å². The maximum Gasteiger partial charge on any atom is 0.125 e. The Morgan fingerprint density at radius 3 is 2.75 bits per heavy atom. The van der Waals surface area contributed by atoms with Crippen molar-refractivity contribution in [3.05, 3.63) is 32.2 Å². The molecule has 4 heteroatoms. The normalized spacial score (nSPS) is 11.6. The quantitative estimate of drug-likeness (QED) is 0.643. The minimum atomic E-state index is -0.195. The lowest BCUT2D eigenvalue weighted by molar-refractivity contribution is 0.534. The summed E-state index contributed by atoms with van der Waals surface area (Å²) in [5, 5.41) is 0.980. The molecule has 2 rings (SSSR count). The van der Waals surface area contributed by atoms with E-state index in [2.05, 4.69) is 63.1 Å². The smallest absolute Gasteiger partial charge is 0.125 e. The van der Waals surface area contributed by atoms with Gasteiger partial charge in [0.15, 0.2) is 0 Å². The minimum absolute atomic E-state index is 0.195. The number of benzene rings is 1. The van der Waals surface area contributed by atoms with Gasteiger partial charge in [-0.2, -0.15) is 0 Å². The molecule has 0 atom stereocenters. The van der Waals surface area contributed by atoms with Gasteiger partial charge in [-0.25, -0.2) is 4.39 Å². The van der Waals surface area contributed by atoms with E-state index in [1.165, 1.54) is 6.07 Å². The summed E-state index contributed by atoms with van der Waals surface area (Å²) < 4.78 is 17.4. The molecule has 1 aromatic heterocycles. The lowest BCUT2D eigenvalue weighted by atomic mass is 10.2. The number of fused-ring (bicyclic) bond motifs is 1. The third-order valence-electron chi connectivity index (χ3n) is 2.40. The zero-order chi connectivity index (χ0) is 11.9. The third-order valence-corrected chi connectivity index (χ3v) is 3.87. The Balaban J connectivity index is 2.68. The fraction of sp³-hybridized carbons (Fsp3) is 0.333. The molecular formula is C12H12BrFIN. The van der Waals surface area contributed by atoms with Gasteiger partial charge in [-0.1, -0.05) is 13.8 Å². The molecule has 0 bridgehead atoms. The van der Waals surface area contributed by atoms with E-state index in [1.807, 2.05) is 0 Å². The van der Waals surface area contributed by atoms with Crippen LogP contribution in [0, 0.1) is 15.3 Å². The lowest BCUT2D eigenvalue weighted by Gasteiger charge is -2.09. The first-order valence-corrected chi connectivity index (χ1v) is 6.99. The van der Waals surface area contributed by atoms with Gasteiger partial charge in [0.25, 0.3) is 0 Å². The van der Waals surface area contributed by atoms with E-state index in [0.29, 0.717) is 5.92 Å². The van der Waals surface area contributed by atoms with E-state index in [1.54, 1.807) is 6.07 Å². The number of nitrogens with zero attached hydrogens (tertiary/aromatic N) is 1. The Bertz CT molecular complexity index is 533. The van der Waals surface area contributed by atoms with Crippen molar-refractivity contribution >= 4 is 49.4 Å². The molecule has 1 aromatic carbocycles. The topological polar surface area (TPSA) is 4.93 Å². The molecule has 0 fully saturated rings. The Kier molecular flexibility index (Phi) is 3.59. The average molecular weight is 396 g/mol. The first-order chi connectivity index (χ1) is 7.49. The summed E-state index contributed by atoms with van der Waals surface area (Å²) in [7, 11) is 0. The second-order valence-electron chi connectivity index (χ2n) is 4.31. The van der Waals surface area contributed by atoms with Crippen LogP contribution in [-0.2, 0) is 6.54 Å². The summed E-state index contributed by atoms with van der Waals surface area (Å²) in [6.07, 6.45) is 2.08. The van der Waals surface area contributed by atoms with Crippen molar-refractivity contribution in [3.8, 4) is 0 Å². The Morgan fingerprint density at radius 1 is 1.44 bits per heavy atom. The van der Waals surface area contributed by atoms with Crippen LogP contribution in [0.4, 0.5) is 4.39 Å². The Hall–Kier alpha value is -0.100. The van der Waals surface area contributed by atoms with Crippen molar-refractivity contribution in [3.63, 3.8) is 0 Å². The SMILES string of the molecule is CC(C)Cn1cc(I)c2cc(F)cc(Br)c21. The molecule has 0 saturated carbocycles. The van der Waals surface area contributed by atoms with Crippen molar-refractivity contribution in [2.75, 3.05) is 0 Å². The standard InChI is InChI=1S/C12H12BrFIN/c1-7(2)5-16-6-11(15)9-3-8(14)4-10(13)12(9)16/h3-4,6-7H,5H2,1-2H3. The van der Waals surface area contributed by atoms with Crippen LogP contribution in [-0.4, -0.2) is 4.57 Å². The molecule has 1 heterocycles. The molecular weight excluding hydrogens is 384 g/mol. The minimum Gasteiger partial charge on any atom is -0.345 e. The molecule has 0 saturated heterocycles. The summed E-state index contributed by atoms with van der Waals surface area (Å²) >= 11 is 5.69. The largest absolute Gasteiger partial charge is 0.345 e. The highest BCUT2D eigenvalue weighted by Crippen LogP contribution is 2.31. The highest BCUT2D eigenvalue weighted by atomic mass is 127. The van der Waals surface area contributed by atoms with E-state index in [4.69, 9.17) is 0 Å². The molecule has 2 aromatic rings. The van der Waals surface area contributed by atoms with Gasteiger partial charge in [0.1, 0.15) is 5.82 Å². The molecule has 0 N–H and O–H groups in total. The fourth-order valence-corrected chi connectivity index (χ4v) is 3.26. The van der Waals surface area contributed by atoms with E-state index in [-0.39, 0.29) is 5.82 Å². The van der Waals surface area contributed by atoms with Gasteiger partial charge in [-0.3, -0.25) is 0 Å². The second-order valence-corrected chi connectivity index (χ2v) is 6.32. The number of hydrogen-bond donors (Lipinski definition) is 0. The number of hydrogen-bond acceptors (Lipinski definition) is 0. The monoisotopic (exact) mass is 395 g/mol. The molecule has 0 unspecified atom stereocenters. The first-order valence-electron chi connectivity index (χ1n) is 5.12. The summed E-state index contributed by atoms with van der Waals surface area (Å²) in [5.41, 5.74) is 1.08. The van der Waals surface area contributed by atoms with Crippen molar-refractivity contribution in [1.82, 2.24) is 4.57 Å². The van der Waals surface area contributed by atoms with Crippen molar-refractivity contribution in [2.45, 2.75) is 20.4 Å². The summed E-state index contributed by atoms with van der Waals surface area (Å²) in [6.45, 7) is 5.30. The zero-order valence-corrected chi connectivity index (χ0v) is 12.8. The van der Waals surface area contributed by atoms with Crippen LogP contribution in [0.3, 0.4) is 0 Å². The average Bonchev–Trinajstić information content (AvgIpc) is 2.42. The van der Waals surface area contributed by atoms with Crippen molar-refractivity contribution in [1.29, 1.82) is 0 Å². The van der Waals surface area contributed by atoms with Crippen LogP contribution in [0.2, 0.25) is 0 Å². The predicted octanol–water partition coefficient (Wildman–Crippen LogP) is 4.80. The van der Waals surface area contributed by atoms with Gasteiger partial charge >= 0.3 is 0 Å². The predicted molar refractivity (Wildman–Crippen MR) is 77.2 cm³/mol. The van der Waals surface area contributed by atoms with E-state index in [9.17, 15) is 4.39 Å². The molecule has 1 nitrogen and oxygen atoms in total. The second kappa shape index (κ2) is 4.64. The number of rotatable bonds is 2. The molecule has 0 aliphatic rings. The fourth-order valence-electron chi connectivity index (χ4n) is 1.85. The van der Waals surface area contributed by atoms with E-state index < -0.39 is 0 Å². The highest BCUT2D eigenvalue weighted by Gasteiger charge is 2.12. The third kappa shape index (κ3) is 2.27. The molecule has 0 aliphatic heterocycles. The lowest BCUT2D eigenvalue weighted by Crippen LogP contribution is -2.02. The van der Waals surface area contributed by atoms with Gasteiger partial charge in [-0.05, 0) is 56.6 Å². The number of aromatic nitrogens is 1. The van der Waals surface area contributed by atoms with Crippen LogP contribution < -0.4 is 0 Å². The Morgan fingerprint density at radius 2 is 2.12 bits per heavy atom. The van der Waals surface area contributed by atoms with Crippen LogP contribution in [0.25, 0.3) is 10.9 Å². The molecule has 0 spiro atoms. The van der Waals surface area contributed by atoms with Crippen molar-refractivity contribution < 1.29 is 4.39 Å². The molecule has 0 radical (unpaired) electrons. The van der Waals surface area contributed by atoms with Crippen molar-refractivity contribution in [2.24, 2.45) is 5.92 Å².